The van der Waals surface area contributed by atoms with Gasteiger partial charge in [-0.2, -0.15) is 5.10 Å². The van der Waals surface area contributed by atoms with E-state index in [1.807, 2.05) is 35.2 Å². The van der Waals surface area contributed by atoms with Crippen LogP contribution < -0.4 is 5.32 Å². The van der Waals surface area contributed by atoms with Gasteiger partial charge in [-0.1, -0.05) is 18.2 Å². The number of aliphatic hydroxyl groups is 1. The summed E-state index contributed by atoms with van der Waals surface area (Å²) in [6, 6.07) is 17.1. The molecule has 0 radical (unpaired) electrons. The number of rotatable bonds is 11. The van der Waals surface area contributed by atoms with Crippen molar-refractivity contribution in [3.63, 3.8) is 0 Å². The molecular formula is C38H39F2N7O4. The lowest BCUT2D eigenvalue weighted by molar-refractivity contribution is -0.132. The molecule has 1 fully saturated rings. The number of hydrogen-bond donors (Lipinski definition) is 3. The maximum absolute atomic E-state index is 15.1. The van der Waals surface area contributed by atoms with E-state index in [0.29, 0.717) is 72.9 Å². The highest BCUT2D eigenvalue weighted by Gasteiger charge is 2.45. The van der Waals surface area contributed by atoms with Gasteiger partial charge in [0.1, 0.15) is 17.2 Å². The van der Waals surface area contributed by atoms with E-state index in [9.17, 15) is 14.3 Å². The fraction of sp³-hybridized carbons (Fsp3) is 0.316. The van der Waals surface area contributed by atoms with Gasteiger partial charge in [0.05, 0.1) is 24.4 Å². The van der Waals surface area contributed by atoms with Crippen molar-refractivity contribution in [1.82, 2.24) is 30.0 Å². The number of fused-ring (bicyclic) bond motifs is 1. The van der Waals surface area contributed by atoms with Crippen LogP contribution in [0.15, 0.2) is 79.1 Å². The molecule has 3 aromatic carbocycles. The molecule has 2 aliphatic heterocycles. The van der Waals surface area contributed by atoms with Crippen LogP contribution in [0, 0.1) is 11.6 Å². The first-order valence-electron chi connectivity index (χ1n) is 16.8. The van der Waals surface area contributed by atoms with Gasteiger partial charge in [0.2, 0.25) is 5.91 Å². The Hall–Kier alpha value is -5.08. The summed E-state index contributed by atoms with van der Waals surface area (Å²) in [5.41, 5.74) is 4.28. The number of benzene rings is 3. The molecule has 2 aliphatic rings. The van der Waals surface area contributed by atoms with Gasteiger partial charge >= 0.3 is 0 Å². The number of nitrogens with one attached hydrogen (secondary N) is 2. The number of amides is 1. The third-order valence-corrected chi connectivity index (χ3v) is 9.79. The quantitative estimate of drug-likeness (QED) is 0.159. The molecule has 2 atom stereocenters. The largest absolute Gasteiger partial charge is 0.380 e. The van der Waals surface area contributed by atoms with Gasteiger partial charge in [0, 0.05) is 86.1 Å². The summed E-state index contributed by atoms with van der Waals surface area (Å²) in [6.07, 6.45) is 5.12. The zero-order chi connectivity index (χ0) is 35.5. The maximum atomic E-state index is 15.1. The highest BCUT2D eigenvalue weighted by molar-refractivity contribution is 5.95. The van der Waals surface area contributed by atoms with Crippen molar-refractivity contribution < 1.29 is 28.2 Å². The molecule has 0 spiro atoms. The molecule has 2 aromatic heterocycles. The summed E-state index contributed by atoms with van der Waals surface area (Å²) in [5, 5.41) is 22.9. The second-order valence-electron chi connectivity index (χ2n) is 12.9. The minimum absolute atomic E-state index is 0.0379. The first kappa shape index (κ1) is 34.4. The topological polar surface area (TPSA) is 129 Å². The molecule has 7 rings (SSSR count). The number of carbonyl (C=O) groups is 1. The van der Waals surface area contributed by atoms with E-state index in [1.54, 1.807) is 48.7 Å². The number of halogens is 2. The smallest absolute Gasteiger partial charge is 0.237 e. The van der Waals surface area contributed by atoms with Crippen molar-refractivity contribution in [2.24, 2.45) is 0 Å². The lowest BCUT2D eigenvalue weighted by Gasteiger charge is -2.34. The van der Waals surface area contributed by atoms with Gasteiger partial charge in [-0.3, -0.25) is 14.8 Å². The molecule has 1 saturated heterocycles. The molecule has 51 heavy (non-hydrogen) atoms. The van der Waals surface area contributed by atoms with Crippen molar-refractivity contribution in [2.45, 2.75) is 31.3 Å². The molecule has 3 N–H and O–H groups in total. The van der Waals surface area contributed by atoms with Gasteiger partial charge < -0.3 is 24.8 Å². The molecule has 1 amide bonds. The van der Waals surface area contributed by atoms with E-state index >= 15 is 4.39 Å². The zero-order valence-corrected chi connectivity index (χ0v) is 28.4. The molecule has 0 aliphatic carbocycles. The minimum atomic E-state index is -1.08. The number of likely N-dealkylation sites (tertiary alicyclic amines) is 1. The van der Waals surface area contributed by atoms with Crippen LogP contribution >= 0.6 is 0 Å². The van der Waals surface area contributed by atoms with Crippen LogP contribution in [-0.2, 0) is 20.9 Å². The van der Waals surface area contributed by atoms with Crippen LogP contribution in [0.25, 0.3) is 39.1 Å². The Morgan fingerprint density at radius 3 is 2.61 bits per heavy atom. The fourth-order valence-corrected chi connectivity index (χ4v) is 6.92. The van der Waals surface area contributed by atoms with Crippen LogP contribution in [0.5, 0.6) is 0 Å². The van der Waals surface area contributed by atoms with E-state index in [2.05, 4.69) is 25.5 Å². The van der Waals surface area contributed by atoms with Gasteiger partial charge in [-0.15, -0.1) is 0 Å². The Labute approximate surface area is 293 Å². The standard InChI is InChI=1S/C38H39F2N7O4/c1-50-22-27-18-25(5-8-31(27)39)35-30-20-28(6-9-33(30)44-45-35)43-37(49)38(51-2)12-17-46(23-38)21-34(48)47-15-10-24(11-16-47)29-7-4-26(19-32(29)40)36-41-13-3-14-42-36/h3-10,13-14,18-20,37,43,49H,11-12,15-17,21-23H2,1-2H3,(H,44,45)/t37?,38-/m0/s1. The van der Waals surface area contributed by atoms with E-state index in [1.165, 1.54) is 19.2 Å². The molecule has 11 nitrogen and oxygen atoms in total. The monoisotopic (exact) mass is 695 g/mol. The summed E-state index contributed by atoms with van der Waals surface area (Å²) >= 11 is 0. The first-order chi connectivity index (χ1) is 24.8. The van der Waals surface area contributed by atoms with Crippen molar-refractivity contribution in [3.8, 4) is 22.6 Å². The molecular weight excluding hydrogens is 656 g/mol. The van der Waals surface area contributed by atoms with Gasteiger partial charge in [0.25, 0.3) is 0 Å². The first-order valence-corrected chi connectivity index (χ1v) is 16.8. The molecule has 13 heteroatoms. The summed E-state index contributed by atoms with van der Waals surface area (Å²) < 4.78 is 40.4. The van der Waals surface area contributed by atoms with Gasteiger partial charge in [-0.05, 0) is 66.9 Å². The predicted octanol–water partition coefficient (Wildman–Crippen LogP) is 5.25. The van der Waals surface area contributed by atoms with Crippen LogP contribution in [-0.4, -0.2) is 99.8 Å². The van der Waals surface area contributed by atoms with E-state index in [-0.39, 0.29) is 30.7 Å². The van der Waals surface area contributed by atoms with Crippen LogP contribution in [0.1, 0.15) is 24.0 Å². The molecule has 264 valence electrons. The number of carbonyl (C=O) groups excluding carboxylic acids is 1. The number of anilines is 1. The molecule has 1 unspecified atom stereocenters. The summed E-state index contributed by atoms with van der Waals surface area (Å²) in [7, 11) is 3.08. The number of methoxy groups -OCH3 is 2. The van der Waals surface area contributed by atoms with Crippen LogP contribution in [0.3, 0.4) is 0 Å². The highest BCUT2D eigenvalue weighted by atomic mass is 19.1. The van der Waals surface area contributed by atoms with Crippen molar-refractivity contribution in [1.29, 1.82) is 0 Å². The highest BCUT2D eigenvalue weighted by Crippen LogP contribution is 2.33. The van der Waals surface area contributed by atoms with Crippen LogP contribution in [0.2, 0.25) is 0 Å². The summed E-state index contributed by atoms with van der Waals surface area (Å²) in [4.78, 5) is 25.5. The number of hydrogen-bond acceptors (Lipinski definition) is 9. The number of nitrogens with zero attached hydrogens (tertiary/aromatic N) is 5. The summed E-state index contributed by atoms with van der Waals surface area (Å²) in [6.45, 7) is 2.09. The Balaban J connectivity index is 0.975. The van der Waals surface area contributed by atoms with Crippen molar-refractivity contribution in [3.05, 3.63) is 102 Å². The van der Waals surface area contributed by atoms with Crippen molar-refractivity contribution >= 4 is 28.1 Å². The van der Waals surface area contributed by atoms with Crippen LogP contribution in [0.4, 0.5) is 14.5 Å². The molecule has 4 heterocycles. The Kier molecular flexibility index (Phi) is 9.87. The molecule has 0 saturated carbocycles. The molecule has 0 bridgehead atoms. The van der Waals surface area contributed by atoms with Gasteiger partial charge in [0.15, 0.2) is 12.1 Å². The van der Waals surface area contributed by atoms with Gasteiger partial charge in [-0.25, -0.2) is 18.7 Å². The third kappa shape index (κ3) is 7.10. The second kappa shape index (κ2) is 14.6. The van der Waals surface area contributed by atoms with E-state index in [0.717, 1.165) is 22.0 Å². The lowest BCUT2D eigenvalue weighted by Crippen LogP contribution is -2.51. The third-order valence-electron chi connectivity index (χ3n) is 9.79. The Bertz CT molecular complexity index is 2070. The number of aromatic amines is 1. The number of H-pyrrole nitrogens is 1. The average molecular weight is 696 g/mol. The number of aromatic nitrogens is 4. The minimum Gasteiger partial charge on any atom is -0.380 e. The van der Waals surface area contributed by atoms with E-state index in [4.69, 9.17) is 9.47 Å². The normalized spacial score (nSPS) is 18.6. The second-order valence-corrected chi connectivity index (χ2v) is 12.9. The fourth-order valence-electron chi connectivity index (χ4n) is 6.92. The summed E-state index contributed by atoms with van der Waals surface area (Å²) in [5.74, 6) is -0.269. The number of ether oxygens (including phenoxy) is 2. The average Bonchev–Trinajstić information content (AvgIpc) is 3.78. The Morgan fingerprint density at radius 2 is 1.86 bits per heavy atom. The maximum Gasteiger partial charge on any atom is 0.237 e. The zero-order valence-electron chi connectivity index (χ0n) is 28.4. The molecule has 5 aromatic rings. The Morgan fingerprint density at radius 1 is 1.04 bits per heavy atom. The van der Waals surface area contributed by atoms with Crippen molar-refractivity contribution in [2.75, 3.05) is 52.3 Å². The SMILES string of the molecule is COCc1cc(-c2n[nH]c3ccc(NC(O)[C@]4(OC)CCN(CC(=O)N5CC=C(c6ccc(-c7ncccn7)cc6F)CC5)C4)cc23)ccc1F. The lowest BCUT2D eigenvalue weighted by atomic mass is 9.97. The number of aliphatic hydroxyl groups excluding tert-OH is 1. The van der Waals surface area contributed by atoms with E-state index < -0.39 is 11.8 Å². The predicted molar refractivity (Wildman–Crippen MR) is 189 cm³/mol.